The summed E-state index contributed by atoms with van der Waals surface area (Å²) in [4.78, 5) is 19.2. The summed E-state index contributed by atoms with van der Waals surface area (Å²) in [6, 6.07) is 4.88. The number of nitrogens with zero attached hydrogens (tertiary/aromatic N) is 2. The molecule has 1 aromatic carbocycles. The molecule has 0 bridgehead atoms. The summed E-state index contributed by atoms with van der Waals surface area (Å²) in [6.07, 6.45) is 2.23. The van der Waals surface area contributed by atoms with Crippen molar-refractivity contribution in [2.75, 3.05) is 0 Å². The van der Waals surface area contributed by atoms with Gasteiger partial charge in [0.05, 0.1) is 16.8 Å². The third-order valence-corrected chi connectivity index (χ3v) is 3.08. The minimum Gasteiger partial charge on any atom is -0.478 e. The molecule has 0 saturated heterocycles. The summed E-state index contributed by atoms with van der Waals surface area (Å²) in [5.41, 5.74) is 1.76. The van der Waals surface area contributed by atoms with Gasteiger partial charge in [-0.15, -0.1) is 0 Å². The van der Waals surface area contributed by atoms with Crippen LogP contribution in [0.1, 0.15) is 34.8 Å². The van der Waals surface area contributed by atoms with Gasteiger partial charge in [0.1, 0.15) is 0 Å². The molecule has 0 radical (unpaired) electrons. The topological polar surface area (TPSA) is 63.1 Å². The van der Waals surface area contributed by atoms with Gasteiger partial charge in [-0.1, -0.05) is 6.07 Å². The Kier molecular flexibility index (Phi) is 2.26. The minimum atomic E-state index is -0.963. The summed E-state index contributed by atoms with van der Waals surface area (Å²) < 4.78 is 0. The smallest absolute Gasteiger partial charge is 0.335 e. The molecule has 3 rings (SSSR count). The van der Waals surface area contributed by atoms with Gasteiger partial charge in [0, 0.05) is 11.3 Å². The lowest BCUT2D eigenvalue weighted by atomic mass is 10.1. The van der Waals surface area contributed by atoms with Crippen molar-refractivity contribution in [2.45, 2.75) is 18.8 Å². The number of aromatic nitrogens is 2. The predicted octanol–water partition coefficient (Wildman–Crippen LogP) is 2.86. The van der Waals surface area contributed by atoms with E-state index >= 15 is 0 Å². The van der Waals surface area contributed by atoms with Crippen molar-refractivity contribution < 1.29 is 9.90 Å². The minimum absolute atomic E-state index is 0.182. The maximum atomic E-state index is 10.9. The molecule has 86 valence electrons. The lowest BCUT2D eigenvalue weighted by Crippen LogP contribution is -1.99. The van der Waals surface area contributed by atoms with E-state index in [2.05, 4.69) is 9.97 Å². The van der Waals surface area contributed by atoms with Crippen LogP contribution in [0.15, 0.2) is 18.2 Å². The molecule has 1 aromatic heterocycles. The van der Waals surface area contributed by atoms with Gasteiger partial charge in [-0.25, -0.2) is 14.8 Å². The molecular formula is C12H9ClN2O2. The van der Waals surface area contributed by atoms with Gasteiger partial charge in [-0.2, -0.15) is 0 Å². The first-order valence-corrected chi connectivity index (χ1v) is 5.73. The zero-order valence-corrected chi connectivity index (χ0v) is 9.61. The van der Waals surface area contributed by atoms with E-state index in [-0.39, 0.29) is 10.8 Å². The van der Waals surface area contributed by atoms with Gasteiger partial charge >= 0.3 is 5.97 Å². The standard InChI is InChI=1S/C12H9ClN2O2/c13-12-14-9-5-7(11(16)17)3-4-8(9)10(15-12)6-1-2-6/h3-6H,1-2H2,(H,16,17). The number of fused-ring (bicyclic) bond motifs is 1. The lowest BCUT2D eigenvalue weighted by Gasteiger charge is -2.05. The summed E-state index contributed by atoms with van der Waals surface area (Å²) in [5.74, 6) is -0.511. The number of carboxylic acids is 1. The average molecular weight is 249 g/mol. The van der Waals surface area contributed by atoms with Crippen molar-refractivity contribution in [2.24, 2.45) is 0 Å². The number of rotatable bonds is 2. The molecule has 2 aromatic rings. The Bertz CT molecular complexity index is 623. The lowest BCUT2D eigenvalue weighted by molar-refractivity contribution is 0.0697. The summed E-state index contributed by atoms with van der Waals surface area (Å²) in [7, 11) is 0. The van der Waals surface area contributed by atoms with E-state index in [0.29, 0.717) is 11.4 Å². The molecule has 1 saturated carbocycles. The summed E-state index contributed by atoms with van der Waals surface area (Å²) in [5, 5.41) is 10.0. The summed E-state index contributed by atoms with van der Waals surface area (Å²) >= 11 is 5.86. The first kappa shape index (κ1) is 10.5. The van der Waals surface area contributed by atoms with Crippen molar-refractivity contribution in [1.82, 2.24) is 9.97 Å². The molecule has 1 heterocycles. The van der Waals surface area contributed by atoms with Gasteiger partial charge in [0.15, 0.2) is 0 Å². The molecule has 5 heteroatoms. The first-order valence-electron chi connectivity index (χ1n) is 5.35. The van der Waals surface area contributed by atoms with Crippen molar-refractivity contribution in [3.8, 4) is 0 Å². The molecule has 0 aliphatic heterocycles. The number of benzene rings is 1. The molecule has 1 N–H and O–H groups in total. The van der Waals surface area contributed by atoms with E-state index in [1.54, 1.807) is 12.1 Å². The molecule has 0 amide bonds. The number of carboxylic acid groups (broad SMARTS) is 1. The fourth-order valence-electron chi connectivity index (χ4n) is 1.93. The Hall–Kier alpha value is -1.68. The van der Waals surface area contributed by atoms with E-state index in [1.165, 1.54) is 6.07 Å². The quantitative estimate of drug-likeness (QED) is 0.830. The number of carbonyl (C=O) groups is 1. The highest BCUT2D eigenvalue weighted by atomic mass is 35.5. The van der Waals surface area contributed by atoms with Gasteiger partial charge in [0.2, 0.25) is 5.28 Å². The Morgan fingerprint density at radius 3 is 2.76 bits per heavy atom. The molecule has 0 atom stereocenters. The van der Waals surface area contributed by atoms with Gasteiger partial charge < -0.3 is 5.11 Å². The molecule has 1 aliphatic rings. The zero-order valence-electron chi connectivity index (χ0n) is 8.85. The second-order valence-electron chi connectivity index (χ2n) is 4.19. The van der Waals surface area contributed by atoms with Gasteiger partial charge in [-0.05, 0) is 36.6 Å². The van der Waals surface area contributed by atoms with Crippen molar-refractivity contribution >= 4 is 28.5 Å². The number of aromatic carboxylic acids is 1. The van der Waals surface area contributed by atoms with Crippen LogP contribution in [-0.2, 0) is 0 Å². The fraction of sp³-hybridized carbons (Fsp3) is 0.250. The molecule has 1 fully saturated rings. The van der Waals surface area contributed by atoms with Crippen LogP contribution < -0.4 is 0 Å². The zero-order chi connectivity index (χ0) is 12.0. The normalized spacial score (nSPS) is 15.1. The molecule has 17 heavy (non-hydrogen) atoms. The Labute approximate surface area is 102 Å². The van der Waals surface area contributed by atoms with Crippen LogP contribution in [0.4, 0.5) is 0 Å². The number of hydrogen-bond acceptors (Lipinski definition) is 3. The van der Waals surface area contributed by atoms with Crippen LogP contribution in [0.2, 0.25) is 5.28 Å². The van der Waals surface area contributed by atoms with Crippen molar-refractivity contribution in [3.63, 3.8) is 0 Å². The van der Waals surface area contributed by atoms with E-state index < -0.39 is 5.97 Å². The molecule has 0 spiro atoms. The maximum absolute atomic E-state index is 10.9. The molecular weight excluding hydrogens is 240 g/mol. The van der Waals surface area contributed by atoms with Crippen LogP contribution in [0.25, 0.3) is 10.9 Å². The Balaban J connectivity index is 2.26. The number of hydrogen-bond donors (Lipinski definition) is 1. The number of halogens is 1. The highest BCUT2D eigenvalue weighted by Gasteiger charge is 2.27. The molecule has 1 aliphatic carbocycles. The second kappa shape index (κ2) is 3.67. The van der Waals surface area contributed by atoms with E-state index in [1.807, 2.05) is 0 Å². The van der Waals surface area contributed by atoms with E-state index in [4.69, 9.17) is 16.7 Å². The fourth-order valence-corrected chi connectivity index (χ4v) is 2.11. The second-order valence-corrected chi connectivity index (χ2v) is 4.53. The third kappa shape index (κ3) is 1.85. The summed E-state index contributed by atoms with van der Waals surface area (Å²) in [6.45, 7) is 0. The third-order valence-electron chi connectivity index (χ3n) is 2.91. The highest BCUT2D eigenvalue weighted by Crippen LogP contribution is 2.42. The van der Waals surface area contributed by atoms with Gasteiger partial charge in [-0.3, -0.25) is 0 Å². The van der Waals surface area contributed by atoms with Crippen LogP contribution >= 0.6 is 11.6 Å². The molecule has 0 unspecified atom stereocenters. The monoisotopic (exact) mass is 248 g/mol. The Morgan fingerprint density at radius 1 is 1.35 bits per heavy atom. The first-order chi connectivity index (χ1) is 8.15. The average Bonchev–Trinajstić information content (AvgIpc) is 3.10. The van der Waals surface area contributed by atoms with E-state index in [9.17, 15) is 4.79 Å². The van der Waals surface area contributed by atoms with Crippen LogP contribution in [-0.4, -0.2) is 21.0 Å². The largest absolute Gasteiger partial charge is 0.478 e. The van der Waals surface area contributed by atoms with E-state index in [0.717, 1.165) is 23.9 Å². The van der Waals surface area contributed by atoms with Crippen molar-refractivity contribution in [3.05, 3.63) is 34.7 Å². The Morgan fingerprint density at radius 2 is 2.12 bits per heavy atom. The van der Waals surface area contributed by atoms with Crippen LogP contribution in [0.3, 0.4) is 0 Å². The maximum Gasteiger partial charge on any atom is 0.335 e. The van der Waals surface area contributed by atoms with Gasteiger partial charge in [0.25, 0.3) is 0 Å². The van der Waals surface area contributed by atoms with Crippen molar-refractivity contribution in [1.29, 1.82) is 0 Å². The predicted molar refractivity (Wildman–Crippen MR) is 63.5 cm³/mol. The molecule has 4 nitrogen and oxygen atoms in total. The highest BCUT2D eigenvalue weighted by molar-refractivity contribution is 6.28. The van der Waals surface area contributed by atoms with Crippen LogP contribution in [0, 0.1) is 0 Å². The SMILES string of the molecule is O=C(O)c1ccc2c(C3CC3)nc(Cl)nc2c1. The van der Waals surface area contributed by atoms with Crippen LogP contribution in [0.5, 0.6) is 0 Å².